The van der Waals surface area contributed by atoms with Gasteiger partial charge in [0, 0.05) is 19.7 Å². The lowest BCUT2D eigenvalue weighted by Gasteiger charge is -2.34. The van der Waals surface area contributed by atoms with E-state index >= 15 is 0 Å². The summed E-state index contributed by atoms with van der Waals surface area (Å²) in [6.45, 7) is 2.40. The smallest absolute Gasteiger partial charge is 0.378 e. The van der Waals surface area contributed by atoms with Gasteiger partial charge in [0.25, 0.3) is 0 Å². The van der Waals surface area contributed by atoms with Gasteiger partial charge in [0.1, 0.15) is 0 Å². The van der Waals surface area contributed by atoms with Gasteiger partial charge >= 0.3 is 6.18 Å². The van der Waals surface area contributed by atoms with Crippen molar-refractivity contribution in [3.63, 3.8) is 0 Å². The molecule has 0 unspecified atom stereocenters. The van der Waals surface area contributed by atoms with Gasteiger partial charge in [-0.1, -0.05) is 18.2 Å². The molecule has 0 spiro atoms. The molecule has 1 aliphatic heterocycles. The lowest BCUT2D eigenvalue weighted by Crippen LogP contribution is -2.45. The molecule has 1 saturated carbocycles. The van der Waals surface area contributed by atoms with Gasteiger partial charge in [-0.3, -0.25) is 4.79 Å². The number of likely N-dealkylation sites (tertiary alicyclic amines) is 1. The van der Waals surface area contributed by atoms with E-state index in [1.165, 1.54) is 6.07 Å². The monoisotopic (exact) mass is 406 g/mol. The van der Waals surface area contributed by atoms with Crippen LogP contribution < -0.4 is 5.73 Å². The van der Waals surface area contributed by atoms with Crippen molar-refractivity contribution >= 4 is 18.3 Å². The van der Waals surface area contributed by atoms with Crippen molar-refractivity contribution in [1.82, 2.24) is 4.90 Å². The number of carbonyl (C=O) groups is 1. The van der Waals surface area contributed by atoms with Crippen LogP contribution in [0.1, 0.15) is 43.2 Å². The molecule has 1 amide bonds. The Morgan fingerprint density at radius 2 is 1.93 bits per heavy atom. The van der Waals surface area contributed by atoms with Gasteiger partial charge in [-0.05, 0) is 50.3 Å². The summed E-state index contributed by atoms with van der Waals surface area (Å²) >= 11 is 0. The lowest BCUT2D eigenvalue weighted by atomic mass is 9.91. The summed E-state index contributed by atoms with van der Waals surface area (Å²) in [5, 5.41) is 0. The summed E-state index contributed by atoms with van der Waals surface area (Å²) in [4.78, 5) is 14.8. The Bertz CT molecular complexity index is 642. The van der Waals surface area contributed by atoms with Gasteiger partial charge < -0.3 is 15.4 Å². The number of rotatable bonds is 6. The van der Waals surface area contributed by atoms with E-state index in [-0.39, 0.29) is 24.4 Å². The summed E-state index contributed by atoms with van der Waals surface area (Å²) in [5.41, 5.74) is 4.47. The van der Waals surface area contributed by atoms with Crippen LogP contribution in [0, 0.1) is 0 Å². The number of alkyl halides is 3. The molecule has 4 nitrogen and oxygen atoms in total. The first kappa shape index (κ1) is 22.0. The highest BCUT2D eigenvalue weighted by Crippen LogP contribution is 2.50. The third-order valence-electron chi connectivity index (χ3n) is 5.33. The van der Waals surface area contributed by atoms with E-state index in [2.05, 4.69) is 0 Å². The van der Waals surface area contributed by atoms with E-state index in [9.17, 15) is 18.0 Å². The predicted molar refractivity (Wildman–Crippen MR) is 98.8 cm³/mol. The highest BCUT2D eigenvalue weighted by Gasteiger charge is 2.53. The van der Waals surface area contributed by atoms with E-state index in [0.717, 1.165) is 31.4 Å². The summed E-state index contributed by atoms with van der Waals surface area (Å²) in [7, 11) is 0. The molecule has 3 rings (SSSR count). The van der Waals surface area contributed by atoms with Crippen LogP contribution in [0.3, 0.4) is 0 Å². The Kier molecular flexibility index (Phi) is 7.16. The molecule has 2 N–H and O–H groups in total. The van der Waals surface area contributed by atoms with Crippen molar-refractivity contribution in [1.29, 1.82) is 0 Å². The Hall–Kier alpha value is -1.31. The van der Waals surface area contributed by atoms with Crippen LogP contribution >= 0.6 is 12.4 Å². The van der Waals surface area contributed by atoms with Gasteiger partial charge in [0.15, 0.2) is 0 Å². The van der Waals surface area contributed by atoms with Crippen molar-refractivity contribution in [2.24, 2.45) is 5.73 Å². The molecule has 1 aliphatic carbocycles. The molecule has 0 aromatic heterocycles. The molecule has 0 radical (unpaired) electrons. The number of hydrogen-bond acceptors (Lipinski definition) is 3. The normalized spacial score (nSPS) is 19.5. The zero-order valence-corrected chi connectivity index (χ0v) is 16.0. The van der Waals surface area contributed by atoms with Crippen LogP contribution in [0.25, 0.3) is 0 Å². The van der Waals surface area contributed by atoms with Gasteiger partial charge in [0.2, 0.25) is 5.91 Å². The zero-order chi connectivity index (χ0) is 18.8. The third kappa shape index (κ3) is 4.95. The minimum atomic E-state index is -4.39. The maximum absolute atomic E-state index is 13.0. The standard InChI is InChI=1S/C19H25F3N2O2.ClH/c20-19(21,22)15-4-1-3-14(13-15)18(7-8-18)17(25)24-10-5-16(6-11-24)26-12-2-9-23;/h1,3-4,13,16H,2,5-12,23H2;1H. The fourth-order valence-corrected chi connectivity index (χ4v) is 3.61. The molecule has 0 atom stereocenters. The van der Waals surface area contributed by atoms with E-state index < -0.39 is 17.2 Å². The van der Waals surface area contributed by atoms with Gasteiger partial charge in [-0.2, -0.15) is 13.2 Å². The molecule has 8 heteroatoms. The summed E-state index contributed by atoms with van der Waals surface area (Å²) in [6, 6.07) is 5.22. The number of halogens is 4. The summed E-state index contributed by atoms with van der Waals surface area (Å²) < 4.78 is 44.7. The number of hydrogen-bond donors (Lipinski definition) is 1. The van der Waals surface area contributed by atoms with E-state index in [4.69, 9.17) is 10.5 Å². The molecular formula is C19H26ClF3N2O2. The molecule has 1 aromatic carbocycles. The Labute approximate surface area is 163 Å². The second-order valence-corrected chi connectivity index (χ2v) is 7.17. The first-order valence-electron chi connectivity index (χ1n) is 9.15. The van der Waals surface area contributed by atoms with Crippen molar-refractivity contribution in [3.05, 3.63) is 35.4 Å². The van der Waals surface area contributed by atoms with Crippen molar-refractivity contribution in [3.8, 4) is 0 Å². The van der Waals surface area contributed by atoms with Crippen LogP contribution in [0.2, 0.25) is 0 Å². The molecule has 0 bridgehead atoms. The fourth-order valence-electron chi connectivity index (χ4n) is 3.61. The number of nitrogens with zero attached hydrogens (tertiary/aromatic N) is 1. The number of ether oxygens (including phenoxy) is 1. The second kappa shape index (κ2) is 8.80. The average Bonchev–Trinajstić information content (AvgIpc) is 3.43. The minimum Gasteiger partial charge on any atom is -0.378 e. The first-order chi connectivity index (χ1) is 12.4. The average molecular weight is 407 g/mol. The van der Waals surface area contributed by atoms with Crippen molar-refractivity contribution in [2.45, 2.75) is 49.8 Å². The predicted octanol–water partition coefficient (Wildman–Crippen LogP) is 3.52. The number of nitrogens with two attached hydrogens (primary N) is 1. The zero-order valence-electron chi connectivity index (χ0n) is 15.1. The van der Waals surface area contributed by atoms with Gasteiger partial charge in [-0.15, -0.1) is 12.4 Å². The minimum absolute atomic E-state index is 0. The van der Waals surface area contributed by atoms with E-state index in [0.29, 0.717) is 44.6 Å². The highest BCUT2D eigenvalue weighted by atomic mass is 35.5. The van der Waals surface area contributed by atoms with Crippen LogP contribution in [-0.4, -0.2) is 43.2 Å². The quantitative estimate of drug-likeness (QED) is 0.735. The lowest BCUT2D eigenvalue weighted by molar-refractivity contribution is -0.139. The summed E-state index contributed by atoms with van der Waals surface area (Å²) in [6.07, 6.45) is -0.703. The second-order valence-electron chi connectivity index (χ2n) is 7.17. The number of piperidine rings is 1. The number of carbonyl (C=O) groups excluding carboxylic acids is 1. The van der Waals surface area contributed by atoms with Crippen molar-refractivity contribution < 1.29 is 22.7 Å². The topological polar surface area (TPSA) is 55.6 Å². The van der Waals surface area contributed by atoms with E-state index in [1.54, 1.807) is 11.0 Å². The number of benzene rings is 1. The Morgan fingerprint density at radius 1 is 1.26 bits per heavy atom. The molecule has 1 aromatic rings. The number of amides is 1. The molecule has 2 fully saturated rings. The maximum Gasteiger partial charge on any atom is 0.416 e. The molecule has 1 saturated heterocycles. The molecular weight excluding hydrogens is 381 g/mol. The molecule has 27 heavy (non-hydrogen) atoms. The third-order valence-corrected chi connectivity index (χ3v) is 5.33. The Balaban J connectivity index is 0.00000261. The van der Waals surface area contributed by atoms with Crippen molar-refractivity contribution in [2.75, 3.05) is 26.2 Å². The maximum atomic E-state index is 13.0. The van der Waals surface area contributed by atoms with Crippen LogP contribution in [0.15, 0.2) is 24.3 Å². The Morgan fingerprint density at radius 3 is 2.48 bits per heavy atom. The summed E-state index contributed by atoms with van der Waals surface area (Å²) in [5.74, 6) is -0.0442. The van der Waals surface area contributed by atoms with Gasteiger partial charge in [0.05, 0.1) is 17.1 Å². The largest absolute Gasteiger partial charge is 0.416 e. The van der Waals surface area contributed by atoms with Crippen LogP contribution in [-0.2, 0) is 21.1 Å². The fraction of sp³-hybridized carbons (Fsp3) is 0.632. The highest BCUT2D eigenvalue weighted by molar-refractivity contribution is 5.91. The van der Waals surface area contributed by atoms with Gasteiger partial charge in [-0.25, -0.2) is 0 Å². The first-order valence-corrected chi connectivity index (χ1v) is 9.15. The van der Waals surface area contributed by atoms with Crippen LogP contribution in [0.4, 0.5) is 13.2 Å². The molecule has 2 aliphatic rings. The van der Waals surface area contributed by atoms with Crippen LogP contribution in [0.5, 0.6) is 0 Å². The molecule has 152 valence electrons. The molecule has 1 heterocycles. The SMILES string of the molecule is Cl.NCCCOC1CCN(C(=O)C2(c3cccc(C(F)(F)F)c3)CC2)CC1. The van der Waals surface area contributed by atoms with E-state index in [1.807, 2.05) is 0 Å².